The SMILES string of the molecule is CO[C@@H](O)[C@@H](C)O. The van der Waals surface area contributed by atoms with Crippen molar-refractivity contribution in [3.8, 4) is 0 Å². The molecule has 0 unspecified atom stereocenters. The van der Waals surface area contributed by atoms with Gasteiger partial charge in [-0.2, -0.15) is 0 Å². The van der Waals surface area contributed by atoms with Crippen LogP contribution in [0, 0.1) is 0 Å². The van der Waals surface area contributed by atoms with E-state index in [1.807, 2.05) is 0 Å². The summed E-state index contributed by atoms with van der Waals surface area (Å²) in [4.78, 5) is 0. The molecule has 0 aromatic heterocycles. The van der Waals surface area contributed by atoms with Gasteiger partial charge in [-0.25, -0.2) is 0 Å². The first-order chi connectivity index (χ1) is 3.18. The number of methoxy groups -OCH3 is 1. The second-order valence-electron chi connectivity index (χ2n) is 1.37. The first kappa shape index (κ1) is 6.88. The highest BCUT2D eigenvalue weighted by Gasteiger charge is 2.06. The van der Waals surface area contributed by atoms with Crippen LogP contribution in [0.4, 0.5) is 0 Å². The number of aliphatic hydroxyl groups excluding tert-OH is 2. The zero-order chi connectivity index (χ0) is 5.86. The summed E-state index contributed by atoms with van der Waals surface area (Å²) in [6.45, 7) is 1.45. The van der Waals surface area contributed by atoms with Gasteiger partial charge in [0.1, 0.15) is 6.10 Å². The molecule has 0 fully saturated rings. The Balaban J connectivity index is 3.14. The molecule has 0 spiro atoms. The van der Waals surface area contributed by atoms with Gasteiger partial charge in [-0.15, -0.1) is 0 Å². The quantitative estimate of drug-likeness (QED) is 0.459. The Kier molecular flexibility index (Phi) is 2.91. The first-order valence-electron chi connectivity index (χ1n) is 2.07. The maximum absolute atomic E-state index is 8.46. The van der Waals surface area contributed by atoms with Gasteiger partial charge >= 0.3 is 0 Å². The molecular weight excluding hydrogens is 96.0 g/mol. The summed E-state index contributed by atoms with van der Waals surface area (Å²) >= 11 is 0. The average Bonchev–Trinajstić information content (AvgIpc) is 1.65. The maximum atomic E-state index is 8.46. The lowest BCUT2D eigenvalue weighted by Crippen LogP contribution is -2.23. The molecule has 0 heterocycles. The van der Waals surface area contributed by atoms with Gasteiger partial charge < -0.3 is 14.9 Å². The number of hydrogen-bond donors (Lipinski definition) is 2. The molecule has 0 amide bonds. The van der Waals surface area contributed by atoms with Crippen LogP contribution in [-0.2, 0) is 4.74 Å². The van der Waals surface area contributed by atoms with Crippen molar-refractivity contribution in [1.82, 2.24) is 0 Å². The second-order valence-corrected chi connectivity index (χ2v) is 1.37. The fourth-order valence-electron chi connectivity index (χ4n) is 0.197. The summed E-state index contributed by atoms with van der Waals surface area (Å²) in [7, 11) is 1.33. The molecule has 0 aromatic carbocycles. The summed E-state index contributed by atoms with van der Waals surface area (Å²) in [6, 6.07) is 0. The summed E-state index contributed by atoms with van der Waals surface area (Å²) in [5.41, 5.74) is 0. The summed E-state index contributed by atoms with van der Waals surface area (Å²) in [5.74, 6) is 0. The molecule has 44 valence electrons. The third-order valence-electron chi connectivity index (χ3n) is 0.654. The van der Waals surface area contributed by atoms with Crippen LogP contribution in [0.5, 0.6) is 0 Å². The Labute approximate surface area is 42.5 Å². The van der Waals surface area contributed by atoms with Gasteiger partial charge in [0, 0.05) is 7.11 Å². The highest BCUT2D eigenvalue weighted by molar-refractivity contribution is 4.45. The van der Waals surface area contributed by atoms with Crippen molar-refractivity contribution in [2.24, 2.45) is 0 Å². The molecule has 0 aromatic rings. The molecule has 3 nitrogen and oxygen atoms in total. The fourth-order valence-corrected chi connectivity index (χ4v) is 0.197. The smallest absolute Gasteiger partial charge is 0.180 e. The molecule has 0 bridgehead atoms. The van der Waals surface area contributed by atoms with Gasteiger partial charge in [-0.3, -0.25) is 0 Å². The zero-order valence-corrected chi connectivity index (χ0v) is 4.46. The molecule has 7 heavy (non-hydrogen) atoms. The number of rotatable bonds is 2. The molecule has 0 aliphatic heterocycles. The fraction of sp³-hybridized carbons (Fsp3) is 1.00. The predicted molar refractivity (Wildman–Crippen MR) is 24.7 cm³/mol. The average molecular weight is 106 g/mol. The van der Waals surface area contributed by atoms with Gasteiger partial charge in [0.05, 0.1) is 0 Å². The first-order valence-corrected chi connectivity index (χ1v) is 2.07. The van der Waals surface area contributed by atoms with Crippen LogP contribution in [0.3, 0.4) is 0 Å². The zero-order valence-electron chi connectivity index (χ0n) is 4.46. The van der Waals surface area contributed by atoms with Gasteiger partial charge in [0.15, 0.2) is 6.29 Å². The Morgan fingerprint density at radius 2 is 1.86 bits per heavy atom. The van der Waals surface area contributed by atoms with Crippen LogP contribution in [0.2, 0.25) is 0 Å². The van der Waals surface area contributed by atoms with E-state index in [-0.39, 0.29) is 0 Å². The lowest BCUT2D eigenvalue weighted by atomic mass is 10.4. The third kappa shape index (κ3) is 2.56. The van der Waals surface area contributed by atoms with Crippen LogP contribution in [0.25, 0.3) is 0 Å². The van der Waals surface area contributed by atoms with Gasteiger partial charge in [0.2, 0.25) is 0 Å². The van der Waals surface area contributed by atoms with Crippen molar-refractivity contribution in [1.29, 1.82) is 0 Å². The molecule has 2 N–H and O–H groups in total. The standard InChI is InChI=1S/C4H10O3/c1-3(5)4(6)7-2/h3-6H,1-2H3/t3-,4-/m1/s1. The van der Waals surface area contributed by atoms with Crippen LogP contribution in [0.1, 0.15) is 6.92 Å². The van der Waals surface area contributed by atoms with Crippen molar-refractivity contribution in [2.75, 3.05) is 7.11 Å². The lowest BCUT2D eigenvalue weighted by molar-refractivity contribution is -0.137. The van der Waals surface area contributed by atoms with Gasteiger partial charge in [-0.1, -0.05) is 0 Å². The number of hydrogen-bond acceptors (Lipinski definition) is 3. The summed E-state index contributed by atoms with van der Waals surface area (Å²) in [6.07, 6.45) is -1.84. The van der Waals surface area contributed by atoms with E-state index in [4.69, 9.17) is 10.2 Å². The Morgan fingerprint density at radius 3 is 1.86 bits per heavy atom. The third-order valence-corrected chi connectivity index (χ3v) is 0.654. The highest BCUT2D eigenvalue weighted by atomic mass is 16.6. The van der Waals surface area contributed by atoms with E-state index in [0.717, 1.165) is 0 Å². The Hall–Kier alpha value is -0.120. The van der Waals surface area contributed by atoms with E-state index in [9.17, 15) is 0 Å². The molecule has 0 rings (SSSR count). The van der Waals surface area contributed by atoms with E-state index < -0.39 is 12.4 Å². The molecule has 3 heteroatoms. The van der Waals surface area contributed by atoms with Gasteiger partial charge in [-0.05, 0) is 6.92 Å². The molecule has 0 saturated heterocycles. The summed E-state index contributed by atoms with van der Waals surface area (Å²) in [5, 5.41) is 16.9. The Morgan fingerprint density at radius 1 is 1.43 bits per heavy atom. The van der Waals surface area contributed by atoms with E-state index in [2.05, 4.69) is 4.74 Å². The van der Waals surface area contributed by atoms with Crippen LogP contribution in [0.15, 0.2) is 0 Å². The van der Waals surface area contributed by atoms with E-state index >= 15 is 0 Å². The van der Waals surface area contributed by atoms with Crippen molar-refractivity contribution in [3.63, 3.8) is 0 Å². The molecule has 0 aliphatic carbocycles. The molecule has 0 aliphatic rings. The topological polar surface area (TPSA) is 49.7 Å². The van der Waals surface area contributed by atoms with E-state index in [1.165, 1.54) is 14.0 Å². The lowest BCUT2D eigenvalue weighted by Gasteiger charge is -2.09. The van der Waals surface area contributed by atoms with Crippen LogP contribution >= 0.6 is 0 Å². The highest BCUT2D eigenvalue weighted by Crippen LogP contribution is 1.89. The summed E-state index contributed by atoms with van der Waals surface area (Å²) < 4.78 is 4.32. The van der Waals surface area contributed by atoms with Crippen LogP contribution < -0.4 is 0 Å². The Bertz CT molecular complexity index is 44.2. The largest absolute Gasteiger partial charge is 0.388 e. The molecule has 0 saturated carbocycles. The second kappa shape index (κ2) is 2.96. The minimum absolute atomic E-state index is 0.801. The maximum Gasteiger partial charge on any atom is 0.180 e. The number of ether oxygens (including phenoxy) is 1. The van der Waals surface area contributed by atoms with Crippen molar-refractivity contribution in [3.05, 3.63) is 0 Å². The van der Waals surface area contributed by atoms with Crippen molar-refractivity contribution in [2.45, 2.75) is 19.3 Å². The predicted octanol–water partition coefficient (Wildman–Crippen LogP) is -0.668. The molecular formula is C4H10O3. The minimum Gasteiger partial charge on any atom is -0.388 e. The normalized spacial score (nSPS) is 18.9. The van der Waals surface area contributed by atoms with E-state index in [1.54, 1.807) is 0 Å². The van der Waals surface area contributed by atoms with E-state index in [0.29, 0.717) is 0 Å². The van der Waals surface area contributed by atoms with Crippen molar-refractivity contribution < 1.29 is 14.9 Å². The van der Waals surface area contributed by atoms with Gasteiger partial charge in [0.25, 0.3) is 0 Å². The van der Waals surface area contributed by atoms with Crippen LogP contribution in [-0.4, -0.2) is 29.7 Å². The number of aliphatic hydroxyl groups is 2. The molecule has 2 atom stereocenters. The van der Waals surface area contributed by atoms with Crippen molar-refractivity contribution >= 4 is 0 Å². The monoisotopic (exact) mass is 106 g/mol. The minimum atomic E-state index is -1.04. The molecule has 0 radical (unpaired) electrons.